The highest BCUT2D eigenvalue weighted by Crippen LogP contribution is 2.06. The number of thiol groups is 2. The molecule has 0 aliphatic heterocycles. The summed E-state index contributed by atoms with van der Waals surface area (Å²) < 4.78 is 0.749. The molecule has 0 aliphatic carbocycles. The van der Waals surface area contributed by atoms with Crippen molar-refractivity contribution >= 4 is 41.7 Å². The van der Waals surface area contributed by atoms with Crippen LogP contribution in [0.3, 0.4) is 0 Å². The Morgan fingerprint density at radius 1 is 1.60 bits per heavy atom. The molecule has 0 heterocycles. The molecule has 0 aromatic heterocycles. The number of hydrogen-bond donors (Lipinski definition) is 2. The van der Waals surface area contributed by atoms with Gasteiger partial charge in [-0.3, -0.25) is 0 Å². The first-order valence-corrected chi connectivity index (χ1v) is 4.58. The summed E-state index contributed by atoms with van der Waals surface area (Å²) >= 11 is 13.2. The van der Waals surface area contributed by atoms with Crippen LogP contribution in [0.25, 0.3) is 0 Å². The molecule has 0 saturated carbocycles. The first kappa shape index (κ1) is 10.8. The molecule has 4 heteroatoms. The molecule has 0 aliphatic rings. The Balaban J connectivity index is 3.85. The van der Waals surface area contributed by atoms with Crippen molar-refractivity contribution in [3.8, 4) is 0 Å². The average molecular weight is 195 g/mol. The molecule has 1 nitrogen and oxygen atoms in total. The lowest BCUT2D eigenvalue weighted by Crippen LogP contribution is -2.32. The van der Waals surface area contributed by atoms with Gasteiger partial charge in [-0.2, -0.15) is 12.6 Å². The summed E-state index contributed by atoms with van der Waals surface area (Å²) in [6.45, 7) is 0. The molecule has 10 heavy (non-hydrogen) atoms. The number of rotatable bonds is 4. The summed E-state index contributed by atoms with van der Waals surface area (Å²) in [5, 5.41) is 0. The van der Waals surface area contributed by atoms with Crippen molar-refractivity contribution < 1.29 is 0 Å². The molecule has 0 N–H and O–H groups in total. The van der Waals surface area contributed by atoms with Crippen LogP contribution < -0.4 is 0 Å². The van der Waals surface area contributed by atoms with Gasteiger partial charge in [-0.25, -0.2) is 0 Å². The van der Waals surface area contributed by atoms with Crippen LogP contribution >= 0.6 is 37.5 Å². The zero-order valence-corrected chi connectivity index (χ0v) is 8.85. The summed E-state index contributed by atoms with van der Waals surface area (Å²) in [4.78, 5) is 2.06. The number of thiocarbonyl (C=S) groups is 1. The van der Waals surface area contributed by atoms with Crippen LogP contribution in [-0.4, -0.2) is 35.0 Å². The van der Waals surface area contributed by atoms with E-state index in [1.54, 1.807) is 0 Å². The van der Waals surface area contributed by atoms with E-state index in [2.05, 4.69) is 30.2 Å². The lowest BCUT2D eigenvalue weighted by atomic mass is 10.2. The Labute approximate surface area is 79.0 Å². The van der Waals surface area contributed by atoms with Crippen LogP contribution in [0.5, 0.6) is 0 Å². The van der Waals surface area contributed by atoms with E-state index >= 15 is 0 Å². The van der Waals surface area contributed by atoms with Gasteiger partial charge in [0.05, 0.1) is 10.2 Å². The van der Waals surface area contributed by atoms with Gasteiger partial charge >= 0.3 is 0 Å². The Morgan fingerprint density at radius 3 is 2.20 bits per heavy atom. The molecule has 0 radical (unpaired) electrons. The highest BCUT2D eigenvalue weighted by atomic mass is 32.1. The molecule has 0 rings (SSSR count). The van der Waals surface area contributed by atoms with Crippen molar-refractivity contribution in [1.82, 2.24) is 4.90 Å². The molecule has 60 valence electrons. The van der Waals surface area contributed by atoms with E-state index in [1.807, 2.05) is 14.1 Å². The average Bonchev–Trinajstić information content (AvgIpc) is 1.81. The van der Waals surface area contributed by atoms with Crippen LogP contribution in [0.15, 0.2) is 0 Å². The van der Waals surface area contributed by atoms with Gasteiger partial charge in [0, 0.05) is 0 Å². The maximum Gasteiger partial charge on any atom is 0.0620 e. The van der Waals surface area contributed by atoms with E-state index in [0.29, 0.717) is 0 Å². The van der Waals surface area contributed by atoms with Crippen LogP contribution in [0.2, 0.25) is 0 Å². The molecule has 0 aromatic carbocycles. The lowest BCUT2D eigenvalue weighted by molar-refractivity contribution is 0.362. The maximum absolute atomic E-state index is 4.95. The van der Waals surface area contributed by atoms with E-state index in [1.165, 1.54) is 0 Å². The van der Waals surface area contributed by atoms with Gasteiger partial charge in [-0.1, -0.05) is 12.2 Å². The van der Waals surface area contributed by atoms with Gasteiger partial charge in [0.15, 0.2) is 0 Å². The van der Waals surface area contributed by atoms with Crippen LogP contribution in [0, 0.1) is 0 Å². The normalized spacial score (nSPS) is 13.7. The van der Waals surface area contributed by atoms with E-state index in [4.69, 9.17) is 12.2 Å². The fraction of sp³-hybridized carbons (Fsp3) is 0.833. The SMILES string of the molecule is CN(C)[C@@H](CCS)C(=S)S. The van der Waals surface area contributed by atoms with Gasteiger partial charge in [-0.15, -0.1) is 12.6 Å². The third kappa shape index (κ3) is 3.81. The first-order valence-electron chi connectivity index (χ1n) is 3.09. The minimum atomic E-state index is 0.288. The number of hydrogen-bond acceptors (Lipinski definition) is 3. The van der Waals surface area contributed by atoms with Crippen molar-refractivity contribution in [1.29, 1.82) is 0 Å². The van der Waals surface area contributed by atoms with Crippen LogP contribution in [-0.2, 0) is 0 Å². The van der Waals surface area contributed by atoms with Crippen molar-refractivity contribution in [3.63, 3.8) is 0 Å². The van der Waals surface area contributed by atoms with Crippen LogP contribution in [0.4, 0.5) is 0 Å². The third-order valence-corrected chi connectivity index (χ3v) is 2.14. The van der Waals surface area contributed by atoms with Crippen LogP contribution in [0.1, 0.15) is 6.42 Å². The van der Waals surface area contributed by atoms with E-state index < -0.39 is 0 Å². The molecule has 0 spiro atoms. The third-order valence-electron chi connectivity index (χ3n) is 1.31. The highest BCUT2D eigenvalue weighted by molar-refractivity contribution is 8.11. The van der Waals surface area contributed by atoms with Crippen molar-refractivity contribution in [2.75, 3.05) is 19.8 Å². The summed E-state index contributed by atoms with van der Waals surface area (Å²) in [5.74, 6) is 0.851. The highest BCUT2D eigenvalue weighted by Gasteiger charge is 2.11. The fourth-order valence-electron chi connectivity index (χ4n) is 0.725. The lowest BCUT2D eigenvalue weighted by Gasteiger charge is -2.21. The largest absolute Gasteiger partial charge is 0.301 e. The Morgan fingerprint density at radius 2 is 2.10 bits per heavy atom. The smallest absolute Gasteiger partial charge is 0.0620 e. The summed E-state index contributed by atoms with van der Waals surface area (Å²) in [6, 6.07) is 0.288. The van der Waals surface area contributed by atoms with E-state index in [0.717, 1.165) is 16.4 Å². The van der Waals surface area contributed by atoms with Gasteiger partial charge in [-0.05, 0) is 26.3 Å². The molecular formula is C6H13NS3. The molecule has 0 aromatic rings. The van der Waals surface area contributed by atoms with Gasteiger partial charge in [0.25, 0.3) is 0 Å². The maximum atomic E-state index is 4.95. The topological polar surface area (TPSA) is 3.24 Å². The summed E-state index contributed by atoms with van der Waals surface area (Å²) in [7, 11) is 3.99. The predicted molar refractivity (Wildman–Crippen MR) is 57.5 cm³/mol. The monoisotopic (exact) mass is 195 g/mol. The van der Waals surface area contributed by atoms with Crippen molar-refractivity contribution in [2.45, 2.75) is 12.5 Å². The van der Waals surface area contributed by atoms with Crippen molar-refractivity contribution in [2.24, 2.45) is 0 Å². The van der Waals surface area contributed by atoms with Gasteiger partial charge < -0.3 is 4.90 Å². The van der Waals surface area contributed by atoms with E-state index in [-0.39, 0.29) is 6.04 Å². The zero-order valence-electron chi connectivity index (χ0n) is 6.24. The first-order chi connectivity index (χ1) is 4.59. The zero-order chi connectivity index (χ0) is 8.15. The molecule has 0 bridgehead atoms. The summed E-state index contributed by atoms with van der Waals surface area (Å²) in [5.41, 5.74) is 0. The quantitative estimate of drug-likeness (QED) is 0.517. The second-order valence-corrected chi connectivity index (χ2v) is 4.00. The molecule has 0 saturated heterocycles. The second-order valence-electron chi connectivity index (χ2n) is 2.33. The minimum absolute atomic E-state index is 0.288. The Bertz CT molecular complexity index is 114. The van der Waals surface area contributed by atoms with Crippen molar-refractivity contribution in [3.05, 3.63) is 0 Å². The van der Waals surface area contributed by atoms with Gasteiger partial charge in [0.2, 0.25) is 0 Å². The van der Waals surface area contributed by atoms with E-state index in [9.17, 15) is 0 Å². The Kier molecular flexibility index (Phi) is 5.81. The summed E-state index contributed by atoms with van der Waals surface area (Å²) in [6.07, 6.45) is 0.971. The molecule has 1 atom stereocenters. The van der Waals surface area contributed by atoms with Gasteiger partial charge in [0.1, 0.15) is 0 Å². The minimum Gasteiger partial charge on any atom is -0.301 e. The second kappa shape index (κ2) is 5.41. The molecule has 0 unspecified atom stereocenters. The fourth-order valence-corrected chi connectivity index (χ4v) is 1.66. The Hall–Kier alpha value is 0.750. The standard InChI is InChI=1S/C6H13NS3/c1-7(2)5(3-4-8)6(9)10/h5,8H,3-4H2,1-2H3,(H,9,10)/t5-/m0/s1. The molecular weight excluding hydrogens is 182 g/mol. The molecule has 0 fully saturated rings. The molecule has 0 amide bonds. The predicted octanol–water partition coefficient (Wildman–Crippen LogP) is 1.49. The number of nitrogens with zero attached hydrogens (tertiary/aromatic N) is 1.